The van der Waals surface area contributed by atoms with Gasteiger partial charge in [0.1, 0.15) is 11.6 Å². The molecule has 0 amide bonds. The number of nitrogens with zero attached hydrogens (tertiary/aromatic N) is 1. The molecule has 0 saturated heterocycles. The minimum absolute atomic E-state index is 0.199. The van der Waals surface area contributed by atoms with E-state index in [9.17, 15) is 5.11 Å². The molecule has 1 aromatic carbocycles. The number of nitrogens with one attached hydrogen (secondary N) is 1. The number of ether oxygens (including phenoxy) is 2. The Hall–Kier alpha value is -2.47. The number of nitrogen functional groups attached to an aromatic ring is 1. The Labute approximate surface area is 149 Å². The van der Waals surface area contributed by atoms with Crippen LogP contribution < -0.4 is 20.5 Å². The minimum Gasteiger partial charge on any atom is -0.507 e. The van der Waals surface area contributed by atoms with Gasteiger partial charge in [0, 0.05) is 23.9 Å². The van der Waals surface area contributed by atoms with Crippen molar-refractivity contribution in [3.05, 3.63) is 41.1 Å². The lowest BCUT2D eigenvalue weighted by Gasteiger charge is -2.12. The Morgan fingerprint density at radius 3 is 2.48 bits per heavy atom. The number of rotatable bonds is 9. The van der Waals surface area contributed by atoms with E-state index in [2.05, 4.69) is 16.4 Å². The number of methoxy groups -OCH3 is 2. The summed E-state index contributed by atoms with van der Waals surface area (Å²) >= 11 is 0. The molecule has 0 atom stereocenters. The van der Waals surface area contributed by atoms with Crippen LogP contribution in [0.5, 0.6) is 17.2 Å². The number of hydrogen-bond donors (Lipinski definition) is 3. The van der Waals surface area contributed by atoms with Gasteiger partial charge in [-0.05, 0) is 56.5 Å². The van der Waals surface area contributed by atoms with E-state index in [0.29, 0.717) is 23.9 Å². The van der Waals surface area contributed by atoms with Gasteiger partial charge in [-0.15, -0.1) is 0 Å². The van der Waals surface area contributed by atoms with Crippen LogP contribution in [-0.4, -0.2) is 30.9 Å². The lowest BCUT2D eigenvalue weighted by molar-refractivity contribution is 0.350. The van der Waals surface area contributed by atoms with Gasteiger partial charge in [-0.2, -0.15) is 0 Å². The third kappa shape index (κ3) is 5.53. The molecule has 0 spiro atoms. The SMILES string of the molecule is COc1cc(O)c(CNCCCCc2cc(C)cc(N)n2)cc1OC. The number of hydrogen-bond acceptors (Lipinski definition) is 6. The number of aromatic nitrogens is 1. The van der Waals surface area contributed by atoms with Gasteiger partial charge < -0.3 is 25.6 Å². The molecule has 1 heterocycles. The van der Waals surface area contributed by atoms with Crippen LogP contribution >= 0.6 is 0 Å². The van der Waals surface area contributed by atoms with Gasteiger partial charge in [-0.1, -0.05) is 0 Å². The lowest BCUT2D eigenvalue weighted by Crippen LogP contribution is -2.15. The molecule has 25 heavy (non-hydrogen) atoms. The van der Waals surface area contributed by atoms with E-state index < -0.39 is 0 Å². The van der Waals surface area contributed by atoms with Crippen molar-refractivity contribution in [1.82, 2.24) is 10.3 Å². The molecular formula is C19H27N3O3. The monoisotopic (exact) mass is 345 g/mol. The predicted octanol–water partition coefficient (Wildman–Crippen LogP) is 2.81. The summed E-state index contributed by atoms with van der Waals surface area (Å²) in [6.45, 7) is 3.45. The number of phenols is 1. The zero-order valence-electron chi connectivity index (χ0n) is 15.1. The summed E-state index contributed by atoms with van der Waals surface area (Å²) in [6.07, 6.45) is 2.96. The maximum atomic E-state index is 10.1. The number of aromatic hydroxyl groups is 1. The Morgan fingerprint density at radius 1 is 1.08 bits per heavy atom. The highest BCUT2D eigenvalue weighted by molar-refractivity contribution is 5.50. The van der Waals surface area contributed by atoms with E-state index in [1.807, 2.05) is 13.0 Å². The van der Waals surface area contributed by atoms with Gasteiger partial charge in [0.25, 0.3) is 0 Å². The van der Waals surface area contributed by atoms with E-state index in [4.69, 9.17) is 15.2 Å². The summed E-state index contributed by atoms with van der Waals surface area (Å²) < 4.78 is 10.4. The zero-order chi connectivity index (χ0) is 18.2. The Kier molecular flexibility index (Phi) is 6.89. The van der Waals surface area contributed by atoms with Gasteiger partial charge in [0.15, 0.2) is 11.5 Å². The fraction of sp³-hybridized carbons (Fsp3) is 0.421. The third-order valence-electron chi connectivity index (χ3n) is 3.98. The van der Waals surface area contributed by atoms with Gasteiger partial charge >= 0.3 is 0 Å². The second-order valence-electron chi connectivity index (χ2n) is 6.03. The summed E-state index contributed by atoms with van der Waals surface area (Å²) in [5.74, 6) is 1.91. The molecule has 0 bridgehead atoms. The third-order valence-corrected chi connectivity index (χ3v) is 3.98. The summed E-state index contributed by atoms with van der Waals surface area (Å²) in [7, 11) is 3.13. The Morgan fingerprint density at radius 2 is 1.80 bits per heavy atom. The van der Waals surface area contributed by atoms with Crippen LogP contribution in [0.2, 0.25) is 0 Å². The van der Waals surface area contributed by atoms with Crippen molar-refractivity contribution in [3.63, 3.8) is 0 Å². The van der Waals surface area contributed by atoms with E-state index in [1.165, 1.54) is 0 Å². The Balaban J connectivity index is 1.76. The summed E-state index contributed by atoms with van der Waals surface area (Å²) in [6, 6.07) is 7.32. The van der Waals surface area contributed by atoms with Crippen molar-refractivity contribution in [2.75, 3.05) is 26.5 Å². The smallest absolute Gasteiger partial charge is 0.164 e. The first kappa shape index (κ1) is 18.9. The van der Waals surface area contributed by atoms with Crippen LogP contribution in [0.15, 0.2) is 24.3 Å². The molecule has 0 fully saturated rings. The maximum Gasteiger partial charge on any atom is 0.164 e. The van der Waals surface area contributed by atoms with Gasteiger partial charge in [-0.25, -0.2) is 4.98 Å². The molecule has 0 radical (unpaired) electrons. The molecule has 6 nitrogen and oxygen atoms in total. The van der Waals surface area contributed by atoms with Gasteiger partial charge in [0.2, 0.25) is 0 Å². The second-order valence-corrected chi connectivity index (χ2v) is 6.03. The molecular weight excluding hydrogens is 318 g/mol. The molecule has 0 saturated carbocycles. The average Bonchev–Trinajstić information content (AvgIpc) is 2.57. The fourth-order valence-electron chi connectivity index (χ4n) is 2.73. The maximum absolute atomic E-state index is 10.1. The predicted molar refractivity (Wildman–Crippen MR) is 99.2 cm³/mol. The molecule has 0 unspecified atom stereocenters. The van der Waals surface area contributed by atoms with E-state index in [-0.39, 0.29) is 5.75 Å². The second kappa shape index (κ2) is 9.13. The van der Waals surface area contributed by atoms with Crippen molar-refractivity contribution < 1.29 is 14.6 Å². The molecule has 0 aliphatic heterocycles. The first-order chi connectivity index (χ1) is 12.0. The van der Waals surface area contributed by atoms with Gasteiger partial charge in [-0.3, -0.25) is 0 Å². The highest BCUT2D eigenvalue weighted by Crippen LogP contribution is 2.33. The largest absolute Gasteiger partial charge is 0.507 e. The van der Waals surface area contributed by atoms with Crippen LogP contribution in [0.25, 0.3) is 0 Å². The first-order valence-corrected chi connectivity index (χ1v) is 8.41. The van der Waals surface area contributed by atoms with Crippen molar-refractivity contribution in [2.45, 2.75) is 32.7 Å². The normalized spacial score (nSPS) is 10.7. The number of unbranched alkanes of at least 4 members (excludes halogenated alkanes) is 1. The van der Waals surface area contributed by atoms with Crippen molar-refractivity contribution in [3.8, 4) is 17.2 Å². The average molecular weight is 345 g/mol. The quantitative estimate of drug-likeness (QED) is 0.606. The zero-order valence-corrected chi connectivity index (χ0v) is 15.1. The standard InChI is InChI=1S/C19H27N3O3/c1-13-8-15(22-19(20)9-13)6-4-5-7-21-12-14-10-17(24-2)18(25-3)11-16(14)23/h8-11,21,23H,4-7,12H2,1-3H3,(H2,20,22). The molecule has 0 aliphatic rings. The first-order valence-electron chi connectivity index (χ1n) is 8.41. The number of benzene rings is 1. The van der Waals surface area contributed by atoms with Crippen LogP contribution in [0.1, 0.15) is 29.7 Å². The molecule has 4 N–H and O–H groups in total. The minimum atomic E-state index is 0.199. The highest BCUT2D eigenvalue weighted by Gasteiger charge is 2.10. The van der Waals surface area contributed by atoms with Crippen molar-refractivity contribution in [2.24, 2.45) is 0 Å². The van der Waals surface area contributed by atoms with Crippen LogP contribution in [-0.2, 0) is 13.0 Å². The van der Waals surface area contributed by atoms with Crippen molar-refractivity contribution in [1.29, 1.82) is 0 Å². The van der Waals surface area contributed by atoms with E-state index >= 15 is 0 Å². The molecule has 6 heteroatoms. The molecule has 2 aromatic rings. The van der Waals surface area contributed by atoms with Crippen LogP contribution in [0.4, 0.5) is 5.82 Å². The topological polar surface area (TPSA) is 89.6 Å². The van der Waals surface area contributed by atoms with Crippen LogP contribution in [0.3, 0.4) is 0 Å². The molecule has 1 aromatic heterocycles. The highest BCUT2D eigenvalue weighted by atomic mass is 16.5. The van der Waals surface area contributed by atoms with Crippen molar-refractivity contribution >= 4 is 5.82 Å². The van der Waals surface area contributed by atoms with E-state index in [0.717, 1.165) is 42.6 Å². The number of nitrogens with two attached hydrogens (primary N) is 1. The lowest BCUT2D eigenvalue weighted by atomic mass is 10.1. The number of aryl methyl sites for hydroxylation is 2. The summed E-state index contributed by atoms with van der Waals surface area (Å²) in [5, 5.41) is 13.4. The van der Waals surface area contributed by atoms with E-state index in [1.54, 1.807) is 26.4 Å². The molecule has 2 rings (SSSR count). The number of phenolic OH excluding ortho intramolecular Hbond substituents is 1. The fourth-order valence-corrected chi connectivity index (χ4v) is 2.73. The summed E-state index contributed by atoms with van der Waals surface area (Å²) in [5.41, 5.74) is 8.73. The molecule has 136 valence electrons. The Bertz CT molecular complexity index is 684. The van der Waals surface area contributed by atoms with Crippen LogP contribution in [0, 0.1) is 6.92 Å². The van der Waals surface area contributed by atoms with Gasteiger partial charge in [0.05, 0.1) is 14.2 Å². The number of anilines is 1. The summed E-state index contributed by atoms with van der Waals surface area (Å²) in [4.78, 5) is 4.34. The molecule has 0 aliphatic carbocycles. The number of pyridine rings is 1.